The molecule has 1 unspecified atom stereocenters. The molecule has 17 heteroatoms. The van der Waals surface area contributed by atoms with Crippen LogP contribution < -0.4 is 0 Å². The van der Waals surface area contributed by atoms with Crippen molar-refractivity contribution in [3.05, 3.63) is 0 Å². The highest BCUT2D eigenvalue weighted by Crippen LogP contribution is 1.68. The highest BCUT2D eigenvalue weighted by Gasteiger charge is 1.85. The highest BCUT2D eigenvalue weighted by molar-refractivity contribution is 7.80. The summed E-state index contributed by atoms with van der Waals surface area (Å²) in [5.74, 6) is 0. The van der Waals surface area contributed by atoms with Crippen LogP contribution in [0.2, 0.25) is 0 Å². The van der Waals surface area contributed by atoms with Crippen molar-refractivity contribution in [2.45, 2.75) is 13.0 Å². The van der Waals surface area contributed by atoms with Crippen LogP contribution in [0.25, 0.3) is 0 Å². The van der Waals surface area contributed by atoms with Gasteiger partial charge in [-0.2, -0.15) is 25.3 Å². The molecule has 0 fully saturated rings. The Bertz CT molecular complexity index is 399. The van der Waals surface area contributed by atoms with Crippen LogP contribution in [0.5, 0.6) is 0 Å². The Balaban J connectivity index is -0.0000000853. The first-order chi connectivity index (χ1) is 8.27. The van der Waals surface area contributed by atoms with Crippen molar-refractivity contribution in [2.24, 2.45) is 0 Å². The molecule has 128 valence electrons. The Morgan fingerprint density at radius 3 is 0.750 bits per heavy atom. The molecular weight excluding hydrogens is 356 g/mol. The van der Waals surface area contributed by atoms with Crippen LogP contribution >= 0.6 is 0 Å². The summed E-state index contributed by atoms with van der Waals surface area (Å²) in [6.07, 6.45) is -0.560. The molecule has 0 rings (SSSR count). The van der Waals surface area contributed by atoms with Crippen molar-refractivity contribution < 1.29 is 62.8 Å². The van der Waals surface area contributed by atoms with E-state index in [2.05, 4.69) is 0 Å². The predicted molar refractivity (Wildman–Crippen MR) is 61.3 cm³/mol. The SMILES string of the molecule is CC(O)CO.O=S(=O)(O)O.O=S(=O)(O)O.O=S(=O)(O)O. The van der Waals surface area contributed by atoms with Gasteiger partial charge in [-0.15, -0.1) is 0 Å². The molecule has 0 aliphatic heterocycles. The molecule has 0 aliphatic rings. The smallest absolute Gasteiger partial charge is 0.394 e. The number of aliphatic hydroxyl groups is 2. The van der Waals surface area contributed by atoms with Gasteiger partial charge >= 0.3 is 31.2 Å². The Morgan fingerprint density at radius 1 is 0.700 bits per heavy atom. The number of rotatable bonds is 1. The lowest BCUT2D eigenvalue weighted by molar-refractivity contribution is 0.110. The van der Waals surface area contributed by atoms with E-state index in [1.165, 1.54) is 6.92 Å². The van der Waals surface area contributed by atoms with Gasteiger partial charge in [0, 0.05) is 0 Å². The maximum absolute atomic E-state index is 8.74. The minimum absolute atomic E-state index is 0.139. The molecule has 0 aromatic carbocycles. The van der Waals surface area contributed by atoms with Crippen LogP contribution in [-0.4, -0.2) is 75.5 Å². The standard InChI is InChI=1S/C3H8O2.3H2O4S/c1-3(5)2-4;3*1-5(2,3)4/h3-5H,2H2,1H3;3*(H2,1,2,3,4). The molecular formula is C3H14O14S3. The average molecular weight is 370 g/mol. The number of aliphatic hydroxyl groups excluding tert-OH is 2. The lowest BCUT2D eigenvalue weighted by Crippen LogP contribution is -2.03. The first-order valence-corrected chi connectivity index (χ1v) is 7.85. The van der Waals surface area contributed by atoms with Crippen LogP contribution in [0.1, 0.15) is 6.92 Å². The fraction of sp³-hybridized carbons (Fsp3) is 1.00. The first-order valence-electron chi connectivity index (χ1n) is 3.66. The molecule has 0 radical (unpaired) electrons. The largest absolute Gasteiger partial charge is 0.394 e. The third-order valence-electron chi connectivity index (χ3n) is 0.264. The zero-order valence-corrected chi connectivity index (χ0v) is 12.0. The second-order valence-electron chi connectivity index (χ2n) is 2.38. The molecule has 1 atom stereocenters. The molecule has 0 spiro atoms. The molecule has 0 saturated carbocycles. The van der Waals surface area contributed by atoms with Gasteiger partial charge in [0.25, 0.3) is 0 Å². The molecule has 0 amide bonds. The van der Waals surface area contributed by atoms with Crippen molar-refractivity contribution in [3.63, 3.8) is 0 Å². The summed E-state index contributed by atoms with van der Waals surface area (Å²) in [7, 11) is -14.0. The number of hydrogen-bond acceptors (Lipinski definition) is 8. The summed E-state index contributed by atoms with van der Waals surface area (Å²) in [6, 6.07) is 0. The second kappa shape index (κ2) is 12.3. The maximum atomic E-state index is 8.74. The molecule has 14 nitrogen and oxygen atoms in total. The maximum Gasteiger partial charge on any atom is 0.394 e. The van der Waals surface area contributed by atoms with Crippen molar-refractivity contribution in [1.82, 2.24) is 0 Å². The first kappa shape index (κ1) is 27.8. The van der Waals surface area contributed by atoms with Gasteiger partial charge < -0.3 is 10.2 Å². The van der Waals surface area contributed by atoms with E-state index in [4.69, 9.17) is 62.8 Å². The van der Waals surface area contributed by atoms with Crippen molar-refractivity contribution >= 4 is 31.2 Å². The van der Waals surface area contributed by atoms with Crippen molar-refractivity contribution in [3.8, 4) is 0 Å². The fourth-order valence-corrected chi connectivity index (χ4v) is 0. The number of hydrogen-bond donors (Lipinski definition) is 8. The fourth-order valence-electron chi connectivity index (χ4n) is 0. The van der Waals surface area contributed by atoms with E-state index in [-0.39, 0.29) is 6.61 Å². The average Bonchev–Trinajstić information content (AvgIpc) is 1.93. The van der Waals surface area contributed by atoms with E-state index in [1.54, 1.807) is 0 Å². The van der Waals surface area contributed by atoms with E-state index in [1.807, 2.05) is 0 Å². The van der Waals surface area contributed by atoms with Crippen LogP contribution in [0, 0.1) is 0 Å². The topological polar surface area (TPSA) is 264 Å². The monoisotopic (exact) mass is 370 g/mol. The van der Waals surface area contributed by atoms with Crippen LogP contribution in [0.4, 0.5) is 0 Å². The van der Waals surface area contributed by atoms with E-state index >= 15 is 0 Å². The third kappa shape index (κ3) is 2050. The Hall–Kier alpha value is -0.470. The van der Waals surface area contributed by atoms with Crippen LogP contribution in [0.3, 0.4) is 0 Å². The van der Waals surface area contributed by atoms with Crippen molar-refractivity contribution in [1.29, 1.82) is 0 Å². The lowest BCUT2D eigenvalue weighted by atomic mass is 10.5. The predicted octanol–water partition coefficient (Wildman–Crippen LogP) is -2.60. The van der Waals surface area contributed by atoms with E-state index in [0.717, 1.165) is 0 Å². The quantitative estimate of drug-likeness (QED) is 0.220. The van der Waals surface area contributed by atoms with Gasteiger partial charge in [0.2, 0.25) is 0 Å². The van der Waals surface area contributed by atoms with Gasteiger partial charge in [-0.3, -0.25) is 27.3 Å². The zero-order chi connectivity index (χ0) is 17.8. The van der Waals surface area contributed by atoms with Gasteiger partial charge in [-0.05, 0) is 6.92 Å². The second-order valence-corrected chi connectivity index (χ2v) is 5.06. The van der Waals surface area contributed by atoms with E-state index in [0.29, 0.717) is 0 Å². The molecule has 0 aliphatic carbocycles. The highest BCUT2D eigenvalue weighted by atomic mass is 32.3. The van der Waals surface area contributed by atoms with Crippen molar-refractivity contribution in [2.75, 3.05) is 6.61 Å². The Labute approximate surface area is 114 Å². The lowest BCUT2D eigenvalue weighted by Gasteiger charge is -1.90. The third-order valence-corrected chi connectivity index (χ3v) is 0.264. The summed E-state index contributed by atoms with van der Waals surface area (Å²) in [5.41, 5.74) is 0. The minimum Gasteiger partial charge on any atom is -0.394 e. The Morgan fingerprint density at radius 2 is 0.750 bits per heavy atom. The molecule has 0 heterocycles. The molecule has 0 bridgehead atoms. The summed E-state index contributed by atoms with van der Waals surface area (Å²) in [5, 5.41) is 16.0. The van der Waals surface area contributed by atoms with Gasteiger partial charge in [0.05, 0.1) is 12.7 Å². The van der Waals surface area contributed by atoms with E-state index in [9.17, 15) is 0 Å². The molecule has 0 aromatic rings. The van der Waals surface area contributed by atoms with Crippen LogP contribution in [-0.2, 0) is 31.2 Å². The summed E-state index contributed by atoms with van der Waals surface area (Å²) in [4.78, 5) is 0. The summed E-state index contributed by atoms with van der Waals surface area (Å²) in [6.45, 7) is 1.39. The Kier molecular flexibility index (Phi) is 17.1. The van der Waals surface area contributed by atoms with Gasteiger partial charge in [0.15, 0.2) is 0 Å². The zero-order valence-electron chi connectivity index (χ0n) is 9.54. The molecule has 8 N–H and O–H groups in total. The van der Waals surface area contributed by atoms with E-state index < -0.39 is 37.3 Å². The molecule has 20 heavy (non-hydrogen) atoms. The van der Waals surface area contributed by atoms with Gasteiger partial charge in [-0.1, -0.05) is 0 Å². The molecule has 0 saturated heterocycles. The minimum atomic E-state index is -4.67. The van der Waals surface area contributed by atoms with Gasteiger partial charge in [-0.25, -0.2) is 0 Å². The summed E-state index contributed by atoms with van der Waals surface area (Å²) < 4.78 is 94.8. The molecule has 0 aromatic heterocycles. The summed E-state index contributed by atoms with van der Waals surface area (Å²) >= 11 is 0. The van der Waals surface area contributed by atoms with Crippen LogP contribution in [0.15, 0.2) is 0 Å². The van der Waals surface area contributed by atoms with Gasteiger partial charge in [0.1, 0.15) is 0 Å². The normalized spacial score (nSPS) is 12.4.